The van der Waals surface area contributed by atoms with Crippen LogP contribution in [0.1, 0.15) is 19.3 Å². The number of aromatic nitrogens is 3. The maximum atomic E-state index is 11.5. The molecule has 19 heavy (non-hydrogen) atoms. The first-order valence-corrected chi connectivity index (χ1v) is 6.37. The molecule has 2 aliphatic heterocycles. The molecule has 0 aromatic carbocycles. The molecule has 0 radical (unpaired) electrons. The fourth-order valence-corrected chi connectivity index (χ4v) is 2.68. The van der Waals surface area contributed by atoms with E-state index < -0.39 is 11.2 Å². The maximum absolute atomic E-state index is 11.5. The summed E-state index contributed by atoms with van der Waals surface area (Å²) < 4.78 is 11.4. The lowest BCUT2D eigenvalue weighted by Crippen LogP contribution is -2.41. The van der Waals surface area contributed by atoms with E-state index in [0.29, 0.717) is 6.61 Å². The molecule has 3 N–H and O–H groups in total. The summed E-state index contributed by atoms with van der Waals surface area (Å²) in [4.78, 5) is 24.4. The van der Waals surface area contributed by atoms with Gasteiger partial charge < -0.3 is 14.8 Å². The lowest BCUT2D eigenvalue weighted by molar-refractivity contribution is -0.0206. The SMILES string of the molecule is O=c1[nH]nc(OC2COC3(CCNCC3)C2)c(=O)[nH]1. The van der Waals surface area contributed by atoms with Crippen molar-refractivity contribution < 1.29 is 9.47 Å². The molecule has 8 heteroatoms. The number of piperidine rings is 1. The molecule has 2 fully saturated rings. The van der Waals surface area contributed by atoms with Crippen LogP contribution in [0.15, 0.2) is 9.59 Å². The van der Waals surface area contributed by atoms with Gasteiger partial charge in [0.25, 0.3) is 5.88 Å². The van der Waals surface area contributed by atoms with Gasteiger partial charge in [0, 0.05) is 6.42 Å². The summed E-state index contributed by atoms with van der Waals surface area (Å²) in [7, 11) is 0. The molecule has 3 heterocycles. The third-order valence-corrected chi connectivity index (χ3v) is 3.65. The van der Waals surface area contributed by atoms with Crippen molar-refractivity contribution in [3.63, 3.8) is 0 Å². The van der Waals surface area contributed by atoms with Crippen molar-refractivity contribution in [2.24, 2.45) is 0 Å². The second-order valence-electron chi connectivity index (χ2n) is 5.00. The smallest absolute Gasteiger partial charge is 0.342 e. The predicted octanol–water partition coefficient (Wildman–Crippen LogP) is -1.25. The van der Waals surface area contributed by atoms with Gasteiger partial charge in [-0.1, -0.05) is 0 Å². The average Bonchev–Trinajstić information content (AvgIpc) is 2.77. The number of hydrogen-bond donors (Lipinski definition) is 3. The molecule has 3 rings (SSSR count). The topological polar surface area (TPSA) is 109 Å². The third-order valence-electron chi connectivity index (χ3n) is 3.65. The van der Waals surface area contributed by atoms with Gasteiger partial charge >= 0.3 is 11.2 Å². The van der Waals surface area contributed by atoms with Gasteiger partial charge in [0.05, 0.1) is 12.2 Å². The van der Waals surface area contributed by atoms with E-state index in [1.807, 2.05) is 0 Å². The van der Waals surface area contributed by atoms with Crippen LogP contribution in [0, 0.1) is 0 Å². The van der Waals surface area contributed by atoms with Gasteiger partial charge in [-0.15, -0.1) is 5.10 Å². The molecule has 1 unspecified atom stereocenters. The summed E-state index contributed by atoms with van der Waals surface area (Å²) in [6, 6.07) is 0. The van der Waals surface area contributed by atoms with E-state index in [1.165, 1.54) is 0 Å². The van der Waals surface area contributed by atoms with E-state index in [9.17, 15) is 9.59 Å². The van der Waals surface area contributed by atoms with Gasteiger partial charge in [0.15, 0.2) is 0 Å². The number of hydrogen-bond acceptors (Lipinski definition) is 6. The zero-order valence-corrected chi connectivity index (χ0v) is 10.4. The van der Waals surface area contributed by atoms with Crippen LogP contribution in [0.25, 0.3) is 0 Å². The molecule has 0 aliphatic carbocycles. The molecule has 2 saturated heterocycles. The summed E-state index contributed by atoms with van der Waals surface area (Å²) in [5.74, 6) is -0.112. The van der Waals surface area contributed by atoms with Crippen LogP contribution in [0.3, 0.4) is 0 Å². The summed E-state index contributed by atoms with van der Waals surface area (Å²) in [5.41, 5.74) is -1.39. The molecule has 1 aromatic heterocycles. The number of rotatable bonds is 2. The Bertz CT molecular complexity index is 560. The molecule has 8 nitrogen and oxygen atoms in total. The van der Waals surface area contributed by atoms with Crippen LogP contribution in [-0.4, -0.2) is 46.6 Å². The van der Waals surface area contributed by atoms with E-state index in [0.717, 1.165) is 32.4 Å². The van der Waals surface area contributed by atoms with Gasteiger partial charge in [-0.25, -0.2) is 9.89 Å². The van der Waals surface area contributed by atoms with Crippen molar-refractivity contribution in [2.45, 2.75) is 31.0 Å². The molecule has 1 atom stereocenters. The maximum Gasteiger partial charge on any atom is 0.342 e. The first-order chi connectivity index (χ1) is 9.17. The quantitative estimate of drug-likeness (QED) is 0.618. The fourth-order valence-electron chi connectivity index (χ4n) is 2.68. The Balaban J connectivity index is 1.68. The van der Waals surface area contributed by atoms with Crippen molar-refractivity contribution in [2.75, 3.05) is 19.7 Å². The van der Waals surface area contributed by atoms with Crippen LogP contribution in [0.4, 0.5) is 0 Å². The Hall–Kier alpha value is -1.67. The highest BCUT2D eigenvalue weighted by Crippen LogP contribution is 2.34. The van der Waals surface area contributed by atoms with E-state index in [-0.39, 0.29) is 17.6 Å². The van der Waals surface area contributed by atoms with Gasteiger partial charge in [-0.05, 0) is 25.9 Å². The van der Waals surface area contributed by atoms with Crippen molar-refractivity contribution in [3.05, 3.63) is 20.8 Å². The second kappa shape index (κ2) is 4.78. The largest absolute Gasteiger partial charge is 0.467 e. The highest BCUT2D eigenvalue weighted by Gasteiger charge is 2.42. The van der Waals surface area contributed by atoms with Crippen LogP contribution >= 0.6 is 0 Å². The molecule has 0 amide bonds. The minimum absolute atomic E-state index is 0.112. The number of aromatic amines is 2. The lowest BCUT2D eigenvalue weighted by Gasteiger charge is -2.32. The van der Waals surface area contributed by atoms with Crippen molar-refractivity contribution in [1.82, 2.24) is 20.5 Å². The van der Waals surface area contributed by atoms with E-state index in [2.05, 4.69) is 20.5 Å². The predicted molar refractivity (Wildman–Crippen MR) is 65.3 cm³/mol. The molecular formula is C11H16N4O4. The Morgan fingerprint density at radius 2 is 2.11 bits per heavy atom. The Morgan fingerprint density at radius 3 is 2.84 bits per heavy atom. The van der Waals surface area contributed by atoms with E-state index >= 15 is 0 Å². The van der Waals surface area contributed by atoms with E-state index in [4.69, 9.17) is 9.47 Å². The number of nitrogens with one attached hydrogen (secondary N) is 3. The first-order valence-electron chi connectivity index (χ1n) is 6.37. The monoisotopic (exact) mass is 268 g/mol. The Morgan fingerprint density at radius 1 is 1.32 bits per heavy atom. The van der Waals surface area contributed by atoms with Gasteiger partial charge in [-0.2, -0.15) is 0 Å². The molecule has 1 spiro atoms. The molecule has 1 aromatic rings. The standard InChI is InChI=1S/C11H16N4O4/c16-8-9(14-15-10(17)13-8)19-7-5-11(18-6-7)1-3-12-4-2-11/h7,12H,1-6H2,(H2,13,15,16,17). The van der Waals surface area contributed by atoms with Gasteiger partial charge in [0.2, 0.25) is 0 Å². The van der Waals surface area contributed by atoms with Crippen molar-refractivity contribution in [3.8, 4) is 5.88 Å². The zero-order valence-electron chi connectivity index (χ0n) is 10.4. The second-order valence-corrected chi connectivity index (χ2v) is 5.00. The van der Waals surface area contributed by atoms with Gasteiger partial charge in [-0.3, -0.25) is 9.78 Å². The highest BCUT2D eigenvalue weighted by molar-refractivity contribution is 5.02. The van der Waals surface area contributed by atoms with Crippen LogP contribution in [0.5, 0.6) is 5.88 Å². The fraction of sp³-hybridized carbons (Fsp3) is 0.727. The molecular weight excluding hydrogens is 252 g/mol. The zero-order chi connectivity index (χ0) is 13.3. The number of ether oxygens (including phenoxy) is 2. The van der Waals surface area contributed by atoms with Crippen LogP contribution in [0.2, 0.25) is 0 Å². The van der Waals surface area contributed by atoms with Gasteiger partial charge in [0.1, 0.15) is 6.10 Å². The third kappa shape index (κ3) is 2.54. The Labute approximate surface area is 108 Å². The normalized spacial score (nSPS) is 25.6. The molecule has 104 valence electrons. The highest BCUT2D eigenvalue weighted by atomic mass is 16.6. The summed E-state index contributed by atoms with van der Waals surface area (Å²) in [5, 5.41) is 9.04. The first kappa shape index (κ1) is 12.4. The average molecular weight is 268 g/mol. The minimum atomic E-state index is -0.644. The number of nitrogens with zero attached hydrogens (tertiary/aromatic N) is 1. The minimum Gasteiger partial charge on any atom is -0.467 e. The van der Waals surface area contributed by atoms with Crippen LogP contribution in [-0.2, 0) is 4.74 Å². The molecule has 2 aliphatic rings. The number of H-pyrrole nitrogens is 2. The summed E-state index contributed by atoms with van der Waals surface area (Å²) >= 11 is 0. The van der Waals surface area contributed by atoms with Crippen molar-refractivity contribution >= 4 is 0 Å². The summed E-state index contributed by atoms with van der Waals surface area (Å²) in [6.45, 7) is 2.31. The van der Waals surface area contributed by atoms with Crippen LogP contribution < -0.4 is 21.3 Å². The lowest BCUT2D eigenvalue weighted by atomic mass is 9.89. The molecule has 0 saturated carbocycles. The van der Waals surface area contributed by atoms with Crippen molar-refractivity contribution in [1.29, 1.82) is 0 Å². The Kier molecular flexibility index (Phi) is 3.11. The molecule has 0 bridgehead atoms. The van der Waals surface area contributed by atoms with E-state index in [1.54, 1.807) is 0 Å². The summed E-state index contributed by atoms with van der Waals surface area (Å²) in [6.07, 6.45) is 2.44.